The van der Waals surface area contributed by atoms with E-state index in [-0.39, 0.29) is 31.1 Å². The van der Waals surface area contributed by atoms with Crippen LogP contribution in [0.15, 0.2) is 0 Å². The Kier molecular flexibility index (Phi) is 40.3. The topological polar surface area (TPSA) is 78.9 Å². The van der Waals surface area contributed by atoms with Gasteiger partial charge in [-0.15, -0.1) is 0 Å². The highest BCUT2D eigenvalue weighted by molar-refractivity contribution is 5.71. The zero-order valence-corrected chi connectivity index (χ0v) is 36.0. The average molecular weight is 751 g/mol. The molecule has 0 bridgehead atoms. The molecule has 0 saturated carbocycles. The van der Waals surface area contributed by atoms with Gasteiger partial charge in [0.05, 0.1) is 0 Å². The number of rotatable bonds is 42. The summed E-state index contributed by atoms with van der Waals surface area (Å²) in [6.45, 7) is 8.93. The molecule has 6 nitrogen and oxygen atoms in total. The van der Waals surface area contributed by atoms with E-state index in [2.05, 4.69) is 27.7 Å². The van der Waals surface area contributed by atoms with Gasteiger partial charge in [0.1, 0.15) is 13.2 Å². The highest BCUT2D eigenvalue weighted by Crippen LogP contribution is 2.16. The van der Waals surface area contributed by atoms with Crippen molar-refractivity contribution in [2.75, 3.05) is 13.2 Å². The molecule has 0 aromatic carbocycles. The number of hydrogen-bond acceptors (Lipinski definition) is 6. The normalized spacial score (nSPS) is 11.9. The average Bonchev–Trinajstić information content (AvgIpc) is 3.14. The molecule has 0 amide bonds. The molecule has 1 atom stereocenters. The minimum atomic E-state index is -0.759. The smallest absolute Gasteiger partial charge is 0.306 e. The predicted molar refractivity (Wildman–Crippen MR) is 224 cm³/mol. The molecule has 0 N–H and O–H groups in total. The summed E-state index contributed by atoms with van der Waals surface area (Å²) in [6.07, 6.45) is 41.0. The number of carbonyl (C=O) groups excluding carboxylic acids is 3. The van der Waals surface area contributed by atoms with Crippen molar-refractivity contribution in [2.45, 2.75) is 265 Å². The minimum Gasteiger partial charge on any atom is -0.462 e. The Morgan fingerprint density at radius 3 is 0.925 bits per heavy atom. The Labute approximate surface area is 329 Å². The van der Waals surface area contributed by atoms with E-state index in [1.807, 2.05) is 0 Å². The van der Waals surface area contributed by atoms with Gasteiger partial charge in [-0.3, -0.25) is 14.4 Å². The molecule has 6 heteroatoms. The third-order valence-electron chi connectivity index (χ3n) is 10.5. The van der Waals surface area contributed by atoms with Gasteiger partial charge in [0.25, 0.3) is 0 Å². The molecule has 0 radical (unpaired) electrons. The lowest BCUT2D eigenvalue weighted by Gasteiger charge is -2.18. The van der Waals surface area contributed by atoms with Crippen molar-refractivity contribution in [3.05, 3.63) is 0 Å². The lowest BCUT2D eigenvalue weighted by atomic mass is 10.0. The van der Waals surface area contributed by atoms with E-state index >= 15 is 0 Å². The number of ether oxygens (including phenoxy) is 3. The van der Waals surface area contributed by atoms with Gasteiger partial charge >= 0.3 is 17.9 Å². The van der Waals surface area contributed by atoms with Gasteiger partial charge in [-0.2, -0.15) is 0 Å². The summed E-state index contributed by atoms with van der Waals surface area (Å²) in [7, 11) is 0. The first kappa shape index (κ1) is 51.4. The van der Waals surface area contributed by atoms with Crippen LogP contribution in [0.25, 0.3) is 0 Å². The van der Waals surface area contributed by atoms with Crippen molar-refractivity contribution in [1.82, 2.24) is 0 Å². The molecule has 0 aliphatic carbocycles. The van der Waals surface area contributed by atoms with Crippen molar-refractivity contribution < 1.29 is 28.6 Å². The Balaban J connectivity index is 4.30. The van der Waals surface area contributed by atoms with Crippen LogP contribution in [0.5, 0.6) is 0 Å². The first-order valence-electron chi connectivity index (χ1n) is 23.4. The molecule has 314 valence electrons. The van der Waals surface area contributed by atoms with Gasteiger partial charge in [-0.1, -0.05) is 220 Å². The lowest BCUT2D eigenvalue weighted by Crippen LogP contribution is -2.30. The molecule has 0 spiro atoms. The maximum absolute atomic E-state index is 12.7. The standard InChI is InChI=1S/C47H90O6/c1-5-7-9-11-13-15-17-18-19-20-22-24-26-32-36-40-47(50)53-44(42-52-46(49)39-35-31-28-27-29-33-37-43(3)4)41-51-45(48)38-34-30-25-23-21-16-14-12-10-8-6-2/h43-44H,5-42H2,1-4H3/t44-/m0/s1. The van der Waals surface area contributed by atoms with Crippen LogP contribution in [-0.4, -0.2) is 37.2 Å². The molecule has 0 heterocycles. The van der Waals surface area contributed by atoms with E-state index in [0.29, 0.717) is 19.3 Å². The summed E-state index contributed by atoms with van der Waals surface area (Å²) in [5.74, 6) is -0.0936. The van der Waals surface area contributed by atoms with Crippen molar-refractivity contribution in [2.24, 2.45) is 5.92 Å². The fourth-order valence-electron chi connectivity index (χ4n) is 6.98. The third kappa shape index (κ3) is 41.4. The Bertz CT molecular complexity index is 796. The van der Waals surface area contributed by atoms with Crippen LogP contribution >= 0.6 is 0 Å². The first-order valence-corrected chi connectivity index (χ1v) is 23.4. The van der Waals surface area contributed by atoms with Crippen LogP contribution < -0.4 is 0 Å². The molecule has 0 aromatic rings. The van der Waals surface area contributed by atoms with E-state index < -0.39 is 6.10 Å². The fourth-order valence-corrected chi connectivity index (χ4v) is 6.98. The molecule has 0 aliphatic heterocycles. The van der Waals surface area contributed by atoms with E-state index in [9.17, 15) is 14.4 Å². The van der Waals surface area contributed by atoms with E-state index in [0.717, 1.165) is 63.7 Å². The van der Waals surface area contributed by atoms with Gasteiger partial charge < -0.3 is 14.2 Å². The SMILES string of the molecule is CCCCCCCCCCCCCCCCCC(=O)O[C@@H](COC(=O)CCCCCCCCCCCCC)COC(=O)CCCCCCCCC(C)C. The summed E-state index contributed by atoms with van der Waals surface area (Å²) in [5, 5.41) is 0. The highest BCUT2D eigenvalue weighted by atomic mass is 16.6. The number of hydrogen-bond donors (Lipinski definition) is 0. The minimum absolute atomic E-state index is 0.0644. The summed E-state index contributed by atoms with van der Waals surface area (Å²) in [5.41, 5.74) is 0. The second kappa shape index (κ2) is 41.6. The quantitative estimate of drug-likeness (QED) is 0.0351. The largest absolute Gasteiger partial charge is 0.462 e. The van der Waals surface area contributed by atoms with Gasteiger partial charge in [0.15, 0.2) is 6.10 Å². The fraction of sp³-hybridized carbons (Fsp3) is 0.936. The van der Waals surface area contributed by atoms with Crippen LogP contribution in [-0.2, 0) is 28.6 Å². The Morgan fingerprint density at radius 1 is 0.358 bits per heavy atom. The second-order valence-corrected chi connectivity index (χ2v) is 16.5. The van der Waals surface area contributed by atoms with E-state index in [1.54, 1.807) is 0 Å². The maximum atomic E-state index is 12.7. The summed E-state index contributed by atoms with van der Waals surface area (Å²) in [4.78, 5) is 37.7. The van der Waals surface area contributed by atoms with Crippen LogP contribution in [0.1, 0.15) is 259 Å². The zero-order chi connectivity index (χ0) is 38.9. The Morgan fingerprint density at radius 2 is 0.623 bits per heavy atom. The summed E-state index contributed by atoms with van der Waals surface area (Å²) in [6, 6.07) is 0. The van der Waals surface area contributed by atoms with Gasteiger partial charge in [-0.05, 0) is 25.2 Å². The summed E-state index contributed by atoms with van der Waals surface area (Å²) < 4.78 is 16.7. The molecular formula is C47H90O6. The van der Waals surface area contributed by atoms with Gasteiger partial charge in [0.2, 0.25) is 0 Å². The molecule has 0 aliphatic rings. The summed E-state index contributed by atoms with van der Waals surface area (Å²) >= 11 is 0. The van der Waals surface area contributed by atoms with Crippen molar-refractivity contribution in [1.29, 1.82) is 0 Å². The molecular weight excluding hydrogens is 661 g/mol. The van der Waals surface area contributed by atoms with Crippen LogP contribution in [0.3, 0.4) is 0 Å². The lowest BCUT2D eigenvalue weighted by molar-refractivity contribution is -0.167. The van der Waals surface area contributed by atoms with Crippen LogP contribution in [0, 0.1) is 5.92 Å². The van der Waals surface area contributed by atoms with Crippen molar-refractivity contribution in [3.63, 3.8) is 0 Å². The molecule has 0 fully saturated rings. The van der Waals surface area contributed by atoms with E-state index in [4.69, 9.17) is 14.2 Å². The number of esters is 3. The van der Waals surface area contributed by atoms with Gasteiger partial charge in [-0.25, -0.2) is 0 Å². The first-order chi connectivity index (χ1) is 25.9. The molecule has 0 saturated heterocycles. The zero-order valence-electron chi connectivity index (χ0n) is 36.0. The van der Waals surface area contributed by atoms with Crippen molar-refractivity contribution >= 4 is 17.9 Å². The van der Waals surface area contributed by atoms with Gasteiger partial charge in [0, 0.05) is 19.3 Å². The second-order valence-electron chi connectivity index (χ2n) is 16.5. The van der Waals surface area contributed by atoms with Crippen molar-refractivity contribution in [3.8, 4) is 0 Å². The third-order valence-corrected chi connectivity index (χ3v) is 10.5. The highest BCUT2D eigenvalue weighted by Gasteiger charge is 2.19. The predicted octanol–water partition coefficient (Wildman–Crippen LogP) is 14.7. The van der Waals surface area contributed by atoms with E-state index in [1.165, 1.54) is 154 Å². The van der Waals surface area contributed by atoms with Crippen LogP contribution in [0.2, 0.25) is 0 Å². The number of unbranched alkanes of at least 4 members (excludes halogenated alkanes) is 29. The Hall–Kier alpha value is -1.59. The number of carbonyl (C=O) groups is 3. The molecule has 53 heavy (non-hydrogen) atoms. The molecule has 0 rings (SSSR count). The monoisotopic (exact) mass is 751 g/mol. The molecule has 0 unspecified atom stereocenters. The maximum Gasteiger partial charge on any atom is 0.306 e. The van der Waals surface area contributed by atoms with Crippen LogP contribution in [0.4, 0.5) is 0 Å². The molecule has 0 aromatic heterocycles.